The molecule has 3 heterocycles. The van der Waals surface area contributed by atoms with E-state index < -0.39 is 43.9 Å². The molecule has 0 atom stereocenters. The van der Waals surface area contributed by atoms with Crippen molar-refractivity contribution in [1.29, 1.82) is 0 Å². The number of carbonyl (C=O) groups is 2. The number of fused-ring (bicyclic) bond motifs is 1. The number of hydrogen-bond donors (Lipinski definition) is 2. The fourth-order valence-corrected chi connectivity index (χ4v) is 2.58. The van der Waals surface area contributed by atoms with Gasteiger partial charge in [0.05, 0.1) is 31.1 Å². The third-order valence-electron chi connectivity index (χ3n) is 4.11. The van der Waals surface area contributed by atoms with E-state index in [4.69, 9.17) is 4.74 Å². The third kappa shape index (κ3) is 7.11. The number of nitrogens with zero attached hydrogens (tertiary/aromatic N) is 4. The van der Waals surface area contributed by atoms with Gasteiger partial charge in [0.25, 0.3) is 18.2 Å². The van der Waals surface area contributed by atoms with Crippen LogP contribution in [0.15, 0.2) is 29.2 Å². The van der Waals surface area contributed by atoms with Gasteiger partial charge < -0.3 is 19.9 Å². The molecule has 0 spiro atoms. The van der Waals surface area contributed by atoms with E-state index in [2.05, 4.69) is 30.4 Å². The first-order chi connectivity index (χ1) is 15.6. The standard InChI is InChI=1S/C18H17F5N6O4/c19-13(20)9-32-17-12(8-33-28-17)16(31)25-6-11-7-29-14(27-11)3-10(5-26-29)4-24-15(30)1-2-18(21,22)23/h3,5,7-8,13H,1-2,4,6,9H2,(H,24,30)(H,25,31). The minimum Gasteiger partial charge on any atom is -0.469 e. The van der Waals surface area contributed by atoms with Crippen molar-refractivity contribution in [1.82, 2.24) is 30.4 Å². The number of hydrogen-bond acceptors (Lipinski definition) is 7. The lowest BCUT2D eigenvalue weighted by molar-refractivity contribution is -0.144. The molecule has 10 nitrogen and oxygen atoms in total. The maximum Gasteiger partial charge on any atom is 0.389 e. The average Bonchev–Trinajstić information content (AvgIpc) is 3.38. The molecule has 2 amide bonds. The van der Waals surface area contributed by atoms with Gasteiger partial charge in [0.15, 0.2) is 12.3 Å². The lowest BCUT2D eigenvalue weighted by atomic mass is 10.2. The predicted molar refractivity (Wildman–Crippen MR) is 99.3 cm³/mol. The number of rotatable bonds is 10. The highest BCUT2D eigenvalue weighted by Gasteiger charge is 2.27. The van der Waals surface area contributed by atoms with Gasteiger partial charge in [-0.15, -0.1) is 0 Å². The number of aromatic nitrogens is 4. The van der Waals surface area contributed by atoms with Crippen LogP contribution in [0.1, 0.15) is 34.5 Å². The molecule has 0 saturated carbocycles. The van der Waals surface area contributed by atoms with Gasteiger partial charge in [-0.2, -0.15) is 18.3 Å². The highest BCUT2D eigenvalue weighted by atomic mass is 19.4. The SMILES string of the molecule is O=C(CCC(F)(F)F)NCc1cnn2cc(CNC(=O)c3conc3OCC(F)F)nc2c1. The normalized spacial score (nSPS) is 11.7. The zero-order valence-corrected chi connectivity index (χ0v) is 16.7. The Labute approximate surface area is 182 Å². The highest BCUT2D eigenvalue weighted by Crippen LogP contribution is 2.21. The van der Waals surface area contributed by atoms with Crippen LogP contribution in [0.5, 0.6) is 5.88 Å². The van der Waals surface area contributed by atoms with Crippen LogP contribution in [-0.4, -0.2) is 50.8 Å². The lowest BCUT2D eigenvalue weighted by Gasteiger charge is -2.07. The van der Waals surface area contributed by atoms with Crippen molar-refractivity contribution in [3.63, 3.8) is 0 Å². The van der Waals surface area contributed by atoms with Gasteiger partial charge in [0.1, 0.15) is 11.8 Å². The summed E-state index contributed by atoms with van der Waals surface area (Å²) in [6.45, 7) is -1.03. The van der Waals surface area contributed by atoms with Crippen molar-refractivity contribution in [2.75, 3.05) is 6.61 Å². The van der Waals surface area contributed by atoms with Crippen molar-refractivity contribution in [3.8, 4) is 5.88 Å². The molecule has 3 rings (SSSR count). The molecule has 15 heteroatoms. The van der Waals surface area contributed by atoms with Gasteiger partial charge in [0, 0.05) is 13.0 Å². The van der Waals surface area contributed by atoms with Crippen LogP contribution in [-0.2, 0) is 17.9 Å². The van der Waals surface area contributed by atoms with E-state index >= 15 is 0 Å². The molecular formula is C18H17F5N6O4. The zero-order valence-electron chi connectivity index (χ0n) is 16.7. The van der Waals surface area contributed by atoms with Gasteiger partial charge in [-0.1, -0.05) is 0 Å². The molecule has 0 radical (unpaired) electrons. The number of amides is 2. The summed E-state index contributed by atoms with van der Waals surface area (Å²) in [6.07, 6.45) is -5.16. The summed E-state index contributed by atoms with van der Waals surface area (Å²) in [7, 11) is 0. The molecule has 178 valence electrons. The summed E-state index contributed by atoms with van der Waals surface area (Å²) < 4.78 is 71.7. The van der Waals surface area contributed by atoms with Crippen LogP contribution < -0.4 is 15.4 Å². The number of halogens is 5. The second-order valence-corrected chi connectivity index (χ2v) is 6.71. The fourth-order valence-electron chi connectivity index (χ4n) is 2.58. The Balaban J connectivity index is 1.55. The molecule has 0 aromatic carbocycles. The minimum atomic E-state index is -4.41. The summed E-state index contributed by atoms with van der Waals surface area (Å²) in [6, 6.07) is 1.57. The first-order valence-electron chi connectivity index (χ1n) is 9.41. The van der Waals surface area contributed by atoms with Crippen LogP contribution in [0.25, 0.3) is 5.65 Å². The average molecular weight is 476 g/mol. The van der Waals surface area contributed by atoms with E-state index in [9.17, 15) is 31.5 Å². The van der Waals surface area contributed by atoms with Crippen molar-refractivity contribution >= 4 is 17.5 Å². The summed E-state index contributed by atoms with van der Waals surface area (Å²) in [5.74, 6) is -1.80. The van der Waals surface area contributed by atoms with E-state index in [1.807, 2.05) is 0 Å². The van der Waals surface area contributed by atoms with Crippen molar-refractivity contribution in [2.45, 2.75) is 38.5 Å². The highest BCUT2D eigenvalue weighted by molar-refractivity contribution is 5.95. The third-order valence-corrected chi connectivity index (χ3v) is 4.11. The monoisotopic (exact) mass is 476 g/mol. The molecule has 3 aromatic rings. The Bertz CT molecular complexity index is 1110. The van der Waals surface area contributed by atoms with Gasteiger partial charge in [-0.3, -0.25) is 9.59 Å². The van der Waals surface area contributed by atoms with Crippen LogP contribution in [0.4, 0.5) is 22.0 Å². The molecule has 3 aromatic heterocycles. The first-order valence-corrected chi connectivity index (χ1v) is 9.41. The van der Waals surface area contributed by atoms with Gasteiger partial charge in [0.2, 0.25) is 5.91 Å². The van der Waals surface area contributed by atoms with E-state index in [0.717, 1.165) is 6.26 Å². The van der Waals surface area contributed by atoms with Crippen LogP contribution in [0, 0.1) is 0 Å². The zero-order chi connectivity index (χ0) is 24.0. The Morgan fingerprint density at radius 3 is 2.73 bits per heavy atom. The van der Waals surface area contributed by atoms with Crippen molar-refractivity contribution < 1.29 is 40.8 Å². The molecule has 0 aliphatic carbocycles. The molecule has 2 N–H and O–H groups in total. The molecule has 0 saturated heterocycles. The van der Waals surface area contributed by atoms with E-state index in [-0.39, 0.29) is 24.5 Å². The predicted octanol–water partition coefficient (Wildman–Crippen LogP) is 2.25. The molecular weight excluding hydrogens is 459 g/mol. The molecule has 0 aliphatic rings. The summed E-state index contributed by atoms with van der Waals surface area (Å²) >= 11 is 0. The summed E-state index contributed by atoms with van der Waals surface area (Å²) in [5, 5.41) is 12.3. The van der Waals surface area contributed by atoms with Gasteiger partial charge in [-0.05, 0) is 16.8 Å². The second-order valence-electron chi connectivity index (χ2n) is 6.71. The first kappa shape index (κ1) is 23.9. The molecule has 0 aliphatic heterocycles. The smallest absolute Gasteiger partial charge is 0.389 e. The molecule has 33 heavy (non-hydrogen) atoms. The Kier molecular flexibility index (Phi) is 7.40. The Morgan fingerprint density at radius 2 is 2.00 bits per heavy atom. The van der Waals surface area contributed by atoms with Crippen molar-refractivity contribution in [3.05, 3.63) is 41.5 Å². The summed E-state index contributed by atoms with van der Waals surface area (Å²) in [5.41, 5.74) is 1.11. The lowest BCUT2D eigenvalue weighted by Crippen LogP contribution is -2.24. The number of ether oxygens (including phenoxy) is 1. The largest absolute Gasteiger partial charge is 0.469 e. The van der Waals surface area contributed by atoms with Gasteiger partial charge in [-0.25, -0.2) is 18.3 Å². The molecule has 0 fully saturated rings. The fraction of sp³-hybridized carbons (Fsp3) is 0.389. The van der Waals surface area contributed by atoms with Crippen LogP contribution in [0.2, 0.25) is 0 Å². The molecule has 0 bridgehead atoms. The van der Waals surface area contributed by atoms with Crippen LogP contribution in [0.3, 0.4) is 0 Å². The quantitative estimate of drug-likeness (QED) is 0.430. The maximum atomic E-state index is 12.3. The van der Waals surface area contributed by atoms with E-state index in [1.54, 1.807) is 6.07 Å². The number of imidazole rings is 1. The Hall–Kier alpha value is -3.78. The number of alkyl halides is 5. The summed E-state index contributed by atoms with van der Waals surface area (Å²) in [4.78, 5) is 28.0. The Morgan fingerprint density at radius 1 is 1.21 bits per heavy atom. The van der Waals surface area contributed by atoms with Gasteiger partial charge >= 0.3 is 6.18 Å². The maximum absolute atomic E-state index is 12.3. The number of nitrogens with one attached hydrogen (secondary N) is 2. The van der Waals surface area contributed by atoms with E-state index in [0.29, 0.717) is 16.9 Å². The second kappa shape index (κ2) is 10.2. The minimum absolute atomic E-state index is 0.0337. The van der Waals surface area contributed by atoms with Crippen LogP contribution >= 0.6 is 0 Å². The van der Waals surface area contributed by atoms with Crippen molar-refractivity contribution in [2.24, 2.45) is 0 Å². The number of carbonyl (C=O) groups excluding carboxylic acids is 2. The van der Waals surface area contributed by atoms with E-state index in [1.165, 1.54) is 16.9 Å². The molecule has 0 unspecified atom stereocenters. The topological polar surface area (TPSA) is 124 Å².